The molecule has 9 heteroatoms. The van der Waals surface area contributed by atoms with Crippen molar-refractivity contribution in [1.29, 1.82) is 0 Å². The summed E-state index contributed by atoms with van der Waals surface area (Å²) in [6.07, 6.45) is 4.77. The zero-order valence-corrected chi connectivity index (χ0v) is 18.1. The molecule has 1 rings (SSSR count). The second-order valence-corrected chi connectivity index (χ2v) is 7.80. The molecule has 0 aromatic heterocycles. The minimum absolute atomic E-state index is 0.0502. The van der Waals surface area contributed by atoms with Crippen LogP contribution in [0.15, 0.2) is 0 Å². The second-order valence-electron chi connectivity index (χ2n) is 6.90. The molecule has 0 saturated heterocycles. The van der Waals surface area contributed by atoms with Crippen LogP contribution in [0, 0.1) is 0 Å². The van der Waals surface area contributed by atoms with Gasteiger partial charge in [-0.1, -0.05) is 19.8 Å². The number of nitrogens with one attached hydrogen (secondary N) is 4. The predicted octanol–water partition coefficient (Wildman–Crippen LogP) is 0.653. The Labute approximate surface area is 173 Å². The van der Waals surface area contributed by atoms with Crippen molar-refractivity contribution in [2.24, 2.45) is 0 Å². The fourth-order valence-electron chi connectivity index (χ4n) is 3.39. The summed E-state index contributed by atoms with van der Waals surface area (Å²) in [5.41, 5.74) is 0. The molecule has 0 aliphatic heterocycles. The number of carbonyl (C=O) groups excluding carboxylic acids is 3. The molecule has 1 aliphatic carbocycles. The molecule has 4 N–H and O–H groups in total. The molecule has 0 aromatic carbocycles. The molecule has 7 nitrogen and oxygen atoms in total. The maximum absolute atomic E-state index is 12.6. The van der Waals surface area contributed by atoms with Gasteiger partial charge < -0.3 is 21.3 Å². The molecule has 0 bridgehead atoms. The zero-order chi connectivity index (χ0) is 20.2. The normalized spacial score (nSPS) is 21.8. The Morgan fingerprint density at radius 3 is 1.85 bits per heavy atom. The summed E-state index contributed by atoms with van der Waals surface area (Å²) in [5, 5.41) is 12.0. The monoisotopic (exact) mass is 418 g/mol. The Kier molecular flexibility index (Phi) is 11.9. The molecule has 156 valence electrons. The van der Waals surface area contributed by atoms with Gasteiger partial charge in [-0.25, -0.2) is 0 Å². The zero-order valence-electron chi connectivity index (χ0n) is 16.3. The van der Waals surface area contributed by atoms with E-state index in [1.807, 2.05) is 6.92 Å². The third kappa shape index (κ3) is 8.74. The van der Waals surface area contributed by atoms with Gasteiger partial charge in [0.25, 0.3) is 0 Å². The van der Waals surface area contributed by atoms with Crippen LogP contribution in [-0.2, 0) is 14.4 Å². The SMILES string of the molecule is CCNC(CCS)C(=O)NC1CCCCC1NC(=O)C(CCS)NC(C)=O. The first-order valence-electron chi connectivity index (χ1n) is 9.75. The summed E-state index contributed by atoms with van der Waals surface area (Å²) >= 11 is 8.39. The third-order valence-corrected chi connectivity index (χ3v) is 5.23. The lowest BCUT2D eigenvalue weighted by atomic mass is 9.89. The van der Waals surface area contributed by atoms with Crippen LogP contribution in [-0.4, -0.2) is 59.9 Å². The second kappa shape index (κ2) is 13.3. The van der Waals surface area contributed by atoms with Crippen LogP contribution in [0.1, 0.15) is 52.4 Å². The van der Waals surface area contributed by atoms with Crippen LogP contribution in [0.4, 0.5) is 0 Å². The number of rotatable bonds is 11. The van der Waals surface area contributed by atoms with Crippen LogP contribution in [0.2, 0.25) is 0 Å². The van der Waals surface area contributed by atoms with Gasteiger partial charge in [-0.2, -0.15) is 25.3 Å². The Balaban J connectivity index is 2.72. The van der Waals surface area contributed by atoms with E-state index in [1.54, 1.807) is 0 Å². The largest absolute Gasteiger partial charge is 0.350 e. The molecule has 0 spiro atoms. The number of hydrogen-bond donors (Lipinski definition) is 6. The van der Waals surface area contributed by atoms with Crippen LogP contribution in [0.25, 0.3) is 0 Å². The fourth-order valence-corrected chi connectivity index (χ4v) is 3.90. The fraction of sp³-hybridized carbons (Fsp3) is 0.833. The molecule has 4 unspecified atom stereocenters. The maximum Gasteiger partial charge on any atom is 0.242 e. The van der Waals surface area contributed by atoms with Gasteiger partial charge in [-0.15, -0.1) is 0 Å². The Morgan fingerprint density at radius 1 is 0.926 bits per heavy atom. The van der Waals surface area contributed by atoms with E-state index in [2.05, 4.69) is 46.5 Å². The quantitative estimate of drug-likeness (QED) is 0.278. The highest BCUT2D eigenvalue weighted by atomic mass is 32.1. The van der Waals surface area contributed by atoms with E-state index in [9.17, 15) is 14.4 Å². The Bertz CT molecular complexity index is 487. The first kappa shape index (κ1) is 24.1. The van der Waals surface area contributed by atoms with Crippen molar-refractivity contribution in [3.8, 4) is 0 Å². The van der Waals surface area contributed by atoms with E-state index in [0.717, 1.165) is 25.7 Å². The van der Waals surface area contributed by atoms with Gasteiger partial charge in [0.1, 0.15) is 6.04 Å². The molecule has 27 heavy (non-hydrogen) atoms. The van der Waals surface area contributed by atoms with Gasteiger partial charge in [0, 0.05) is 19.0 Å². The van der Waals surface area contributed by atoms with Gasteiger partial charge in [-0.3, -0.25) is 14.4 Å². The van der Waals surface area contributed by atoms with Crippen LogP contribution < -0.4 is 21.3 Å². The number of likely N-dealkylation sites (N-methyl/N-ethyl adjacent to an activating group) is 1. The lowest BCUT2D eigenvalue weighted by Gasteiger charge is -2.34. The van der Waals surface area contributed by atoms with Crippen molar-refractivity contribution in [2.75, 3.05) is 18.1 Å². The van der Waals surface area contributed by atoms with Gasteiger partial charge in [0.2, 0.25) is 17.7 Å². The number of hydrogen-bond acceptors (Lipinski definition) is 6. The van der Waals surface area contributed by atoms with Gasteiger partial charge in [0.15, 0.2) is 0 Å². The van der Waals surface area contributed by atoms with Crippen molar-refractivity contribution >= 4 is 43.0 Å². The van der Waals surface area contributed by atoms with Gasteiger partial charge in [-0.05, 0) is 43.7 Å². The number of amides is 3. The molecule has 1 saturated carbocycles. The summed E-state index contributed by atoms with van der Waals surface area (Å²) in [6.45, 7) is 4.07. The summed E-state index contributed by atoms with van der Waals surface area (Å²) in [7, 11) is 0. The van der Waals surface area contributed by atoms with Crippen molar-refractivity contribution < 1.29 is 14.4 Å². The first-order valence-corrected chi connectivity index (χ1v) is 11.0. The molecule has 4 atom stereocenters. The summed E-state index contributed by atoms with van der Waals surface area (Å²) in [4.78, 5) is 36.6. The van der Waals surface area contributed by atoms with E-state index >= 15 is 0 Å². The van der Waals surface area contributed by atoms with E-state index in [0.29, 0.717) is 30.9 Å². The molecule has 0 heterocycles. The van der Waals surface area contributed by atoms with Crippen LogP contribution in [0.3, 0.4) is 0 Å². The lowest BCUT2D eigenvalue weighted by molar-refractivity contribution is -0.129. The van der Waals surface area contributed by atoms with E-state index in [1.165, 1.54) is 6.92 Å². The standard InChI is InChI=1S/C18H34N4O3S2/c1-3-19-15(8-10-26)17(24)21-13-6-4-5-7-14(13)22-18(25)16(9-11-27)20-12(2)23/h13-16,19,26-27H,3-11H2,1-2H3,(H,20,23)(H,21,24)(H,22,25). The molecule has 1 fully saturated rings. The van der Waals surface area contributed by atoms with Crippen molar-refractivity contribution in [1.82, 2.24) is 21.3 Å². The van der Waals surface area contributed by atoms with Crippen molar-refractivity contribution in [3.63, 3.8) is 0 Å². The van der Waals surface area contributed by atoms with Gasteiger partial charge in [0.05, 0.1) is 6.04 Å². The topological polar surface area (TPSA) is 99.3 Å². The molecular weight excluding hydrogens is 384 g/mol. The van der Waals surface area contributed by atoms with Crippen molar-refractivity contribution in [3.05, 3.63) is 0 Å². The first-order chi connectivity index (χ1) is 12.9. The summed E-state index contributed by atoms with van der Waals surface area (Å²) in [6, 6.07) is -1.12. The molecule has 1 aliphatic rings. The molecule has 3 amide bonds. The average molecular weight is 419 g/mol. The van der Waals surface area contributed by atoms with E-state index in [4.69, 9.17) is 0 Å². The Morgan fingerprint density at radius 2 is 1.41 bits per heavy atom. The highest BCUT2D eigenvalue weighted by molar-refractivity contribution is 7.80. The smallest absolute Gasteiger partial charge is 0.242 e. The van der Waals surface area contributed by atoms with E-state index < -0.39 is 6.04 Å². The minimum atomic E-state index is -0.600. The molecule has 0 radical (unpaired) electrons. The Hall–Kier alpha value is -0.930. The third-order valence-electron chi connectivity index (χ3n) is 4.72. The van der Waals surface area contributed by atoms with Crippen LogP contribution in [0.5, 0.6) is 0 Å². The lowest BCUT2D eigenvalue weighted by Crippen LogP contribution is -2.59. The molecule has 0 aromatic rings. The summed E-state index contributed by atoms with van der Waals surface area (Å²) < 4.78 is 0. The highest BCUT2D eigenvalue weighted by Gasteiger charge is 2.31. The molecular formula is C18H34N4O3S2. The minimum Gasteiger partial charge on any atom is -0.350 e. The van der Waals surface area contributed by atoms with Crippen LogP contribution >= 0.6 is 25.3 Å². The maximum atomic E-state index is 12.6. The van der Waals surface area contributed by atoms with E-state index in [-0.39, 0.29) is 35.8 Å². The number of carbonyl (C=O) groups is 3. The number of thiol groups is 2. The summed E-state index contributed by atoms with van der Waals surface area (Å²) in [5.74, 6) is 0.607. The highest BCUT2D eigenvalue weighted by Crippen LogP contribution is 2.19. The predicted molar refractivity (Wildman–Crippen MR) is 114 cm³/mol. The van der Waals surface area contributed by atoms with Crippen molar-refractivity contribution in [2.45, 2.75) is 76.5 Å². The van der Waals surface area contributed by atoms with Gasteiger partial charge >= 0.3 is 0 Å². The average Bonchev–Trinajstić information content (AvgIpc) is 2.62.